The molecule has 0 N–H and O–H groups in total. The van der Waals surface area contributed by atoms with E-state index in [4.69, 9.17) is 9.47 Å². The lowest BCUT2D eigenvalue weighted by Crippen LogP contribution is -2.44. The summed E-state index contributed by atoms with van der Waals surface area (Å²) >= 11 is 3.38. The molecule has 0 aliphatic carbocycles. The molecular formula is C17H22BrNO4. The Hall–Kier alpha value is -1.56. The highest BCUT2D eigenvalue weighted by molar-refractivity contribution is 9.10. The van der Waals surface area contributed by atoms with Gasteiger partial charge in [-0.3, -0.25) is 4.79 Å². The highest BCUT2D eigenvalue weighted by Crippen LogP contribution is 2.26. The van der Waals surface area contributed by atoms with E-state index in [1.165, 1.54) is 0 Å². The molecule has 0 radical (unpaired) electrons. The number of ether oxygens (including phenoxy) is 2. The third kappa shape index (κ3) is 5.23. The first kappa shape index (κ1) is 17.8. The number of halogens is 1. The second kappa shape index (κ2) is 7.34. The molecule has 1 aromatic carbocycles. The van der Waals surface area contributed by atoms with E-state index >= 15 is 0 Å². The van der Waals surface area contributed by atoms with Gasteiger partial charge in [-0.05, 0) is 39.0 Å². The van der Waals surface area contributed by atoms with Crippen molar-refractivity contribution in [2.75, 3.05) is 13.1 Å². The van der Waals surface area contributed by atoms with Gasteiger partial charge in [-0.2, -0.15) is 0 Å². The van der Waals surface area contributed by atoms with Crippen molar-refractivity contribution in [2.45, 2.75) is 45.3 Å². The average Bonchev–Trinajstić information content (AvgIpc) is 2.46. The maximum atomic E-state index is 12.0. The Morgan fingerprint density at radius 1 is 1.30 bits per heavy atom. The highest BCUT2D eigenvalue weighted by Gasteiger charge is 2.27. The molecule has 1 amide bonds. The maximum absolute atomic E-state index is 12.0. The normalized spacial score (nSPS) is 16.1. The van der Waals surface area contributed by atoms with Gasteiger partial charge in [0, 0.05) is 30.4 Å². The quantitative estimate of drug-likeness (QED) is 0.739. The lowest BCUT2D eigenvalue weighted by Gasteiger charge is -2.33. The number of carbonyl (C=O) groups excluding carboxylic acids is 2. The lowest BCUT2D eigenvalue weighted by molar-refractivity contribution is 0.0126. The molecule has 6 heteroatoms. The molecule has 1 fully saturated rings. The third-order valence-electron chi connectivity index (χ3n) is 3.49. The van der Waals surface area contributed by atoms with E-state index in [0.29, 0.717) is 37.2 Å². The number of hydrogen-bond acceptors (Lipinski definition) is 4. The monoisotopic (exact) mass is 383 g/mol. The summed E-state index contributed by atoms with van der Waals surface area (Å²) in [7, 11) is 0. The van der Waals surface area contributed by atoms with Crippen molar-refractivity contribution in [1.82, 2.24) is 4.90 Å². The summed E-state index contributed by atoms with van der Waals surface area (Å²) in [5.74, 6) is 0.574. The molecule has 0 aromatic heterocycles. The van der Waals surface area contributed by atoms with Crippen LogP contribution in [0.4, 0.5) is 4.79 Å². The third-order valence-corrected chi connectivity index (χ3v) is 3.98. The summed E-state index contributed by atoms with van der Waals surface area (Å²) in [6.45, 7) is 6.74. The largest absolute Gasteiger partial charge is 0.490 e. The minimum atomic E-state index is -0.486. The molecule has 23 heavy (non-hydrogen) atoms. The van der Waals surface area contributed by atoms with Gasteiger partial charge in [0.25, 0.3) is 0 Å². The molecule has 126 valence electrons. The summed E-state index contributed by atoms with van der Waals surface area (Å²) in [5, 5.41) is 0. The smallest absolute Gasteiger partial charge is 0.410 e. The molecule has 1 aliphatic rings. The van der Waals surface area contributed by atoms with Crippen molar-refractivity contribution in [1.29, 1.82) is 0 Å². The van der Waals surface area contributed by atoms with Crippen molar-refractivity contribution in [3.05, 3.63) is 28.2 Å². The van der Waals surface area contributed by atoms with Crippen molar-refractivity contribution >= 4 is 28.3 Å². The van der Waals surface area contributed by atoms with Crippen LogP contribution in [0.5, 0.6) is 5.75 Å². The van der Waals surface area contributed by atoms with Crippen LogP contribution in [0.25, 0.3) is 0 Å². The number of amides is 1. The zero-order valence-corrected chi connectivity index (χ0v) is 15.3. The second-order valence-corrected chi connectivity index (χ2v) is 7.50. The highest BCUT2D eigenvalue weighted by atomic mass is 79.9. The molecule has 1 saturated heterocycles. The number of piperidine rings is 1. The van der Waals surface area contributed by atoms with Gasteiger partial charge in [-0.1, -0.05) is 15.9 Å². The van der Waals surface area contributed by atoms with Gasteiger partial charge in [0.2, 0.25) is 0 Å². The van der Waals surface area contributed by atoms with Gasteiger partial charge in [-0.25, -0.2) is 4.79 Å². The number of nitrogens with zero attached hydrogens (tertiary/aromatic N) is 1. The van der Waals surface area contributed by atoms with Crippen LogP contribution in [0.15, 0.2) is 22.7 Å². The SMILES string of the molecule is CC(C)(C)OC(=O)N1CCC(Oc2cc(Br)ccc2C=O)CC1. The van der Waals surface area contributed by atoms with Crippen LogP contribution in [-0.4, -0.2) is 42.1 Å². The Kier molecular flexibility index (Phi) is 5.68. The van der Waals surface area contributed by atoms with E-state index in [1.807, 2.05) is 26.8 Å². The molecule has 1 aromatic rings. The number of aldehydes is 1. The van der Waals surface area contributed by atoms with Crippen LogP contribution in [0.1, 0.15) is 44.0 Å². The number of rotatable bonds is 3. The topological polar surface area (TPSA) is 55.8 Å². The van der Waals surface area contributed by atoms with E-state index in [1.54, 1.807) is 17.0 Å². The van der Waals surface area contributed by atoms with Crippen LogP contribution >= 0.6 is 15.9 Å². The van der Waals surface area contributed by atoms with Crippen LogP contribution in [0.3, 0.4) is 0 Å². The average molecular weight is 384 g/mol. The first-order valence-electron chi connectivity index (χ1n) is 7.68. The molecule has 0 atom stereocenters. The first-order valence-corrected chi connectivity index (χ1v) is 8.47. The molecule has 0 spiro atoms. The lowest BCUT2D eigenvalue weighted by atomic mass is 10.1. The van der Waals surface area contributed by atoms with Gasteiger partial charge < -0.3 is 14.4 Å². The van der Waals surface area contributed by atoms with Crippen LogP contribution in [-0.2, 0) is 4.74 Å². The van der Waals surface area contributed by atoms with Crippen LogP contribution < -0.4 is 4.74 Å². The molecule has 1 aliphatic heterocycles. The standard InChI is InChI=1S/C17H22BrNO4/c1-17(2,3)23-16(21)19-8-6-14(7-9-19)22-15-10-13(18)5-4-12(15)11-20/h4-5,10-11,14H,6-9H2,1-3H3. The zero-order chi connectivity index (χ0) is 17.0. The van der Waals surface area contributed by atoms with Crippen molar-refractivity contribution < 1.29 is 19.1 Å². The fraction of sp³-hybridized carbons (Fsp3) is 0.529. The number of benzene rings is 1. The Bertz CT molecular complexity index is 574. The van der Waals surface area contributed by atoms with Crippen molar-refractivity contribution in [2.24, 2.45) is 0 Å². The minimum Gasteiger partial charge on any atom is -0.490 e. The van der Waals surface area contributed by atoms with Gasteiger partial charge in [0.15, 0.2) is 6.29 Å². The molecule has 0 bridgehead atoms. The summed E-state index contributed by atoms with van der Waals surface area (Å²) in [5.41, 5.74) is 0.0438. The summed E-state index contributed by atoms with van der Waals surface area (Å²) in [4.78, 5) is 24.8. The fourth-order valence-electron chi connectivity index (χ4n) is 2.37. The Morgan fingerprint density at radius 3 is 2.52 bits per heavy atom. The molecular weight excluding hydrogens is 362 g/mol. The van der Waals surface area contributed by atoms with E-state index in [0.717, 1.165) is 10.8 Å². The Balaban J connectivity index is 1.91. The minimum absolute atomic E-state index is 0.0123. The number of carbonyl (C=O) groups is 2. The van der Waals surface area contributed by atoms with E-state index in [2.05, 4.69) is 15.9 Å². The van der Waals surface area contributed by atoms with Crippen molar-refractivity contribution in [3.8, 4) is 5.75 Å². The second-order valence-electron chi connectivity index (χ2n) is 6.58. The van der Waals surface area contributed by atoms with Crippen LogP contribution in [0.2, 0.25) is 0 Å². The van der Waals surface area contributed by atoms with E-state index < -0.39 is 5.60 Å². The Morgan fingerprint density at radius 2 is 1.96 bits per heavy atom. The van der Waals surface area contributed by atoms with Gasteiger partial charge >= 0.3 is 6.09 Å². The fourth-order valence-corrected chi connectivity index (χ4v) is 2.71. The molecule has 1 heterocycles. The van der Waals surface area contributed by atoms with Gasteiger partial charge in [-0.15, -0.1) is 0 Å². The van der Waals surface area contributed by atoms with Gasteiger partial charge in [0.05, 0.1) is 5.56 Å². The van der Waals surface area contributed by atoms with Crippen LogP contribution in [0, 0.1) is 0 Å². The summed E-state index contributed by atoms with van der Waals surface area (Å²) < 4.78 is 12.2. The van der Waals surface area contributed by atoms with Gasteiger partial charge in [0.1, 0.15) is 17.5 Å². The number of likely N-dealkylation sites (tertiary alicyclic amines) is 1. The predicted molar refractivity (Wildman–Crippen MR) is 91.0 cm³/mol. The molecule has 5 nitrogen and oxygen atoms in total. The van der Waals surface area contributed by atoms with E-state index in [-0.39, 0.29) is 12.2 Å². The molecule has 0 saturated carbocycles. The maximum Gasteiger partial charge on any atom is 0.410 e. The summed E-state index contributed by atoms with van der Waals surface area (Å²) in [6.07, 6.45) is 1.92. The molecule has 0 unspecified atom stereocenters. The van der Waals surface area contributed by atoms with E-state index in [9.17, 15) is 9.59 Å². The Labute approximate surface area is 145 Å². The summed E-state index contributed by atoms with van der Waals surface area (Å²) in [6, 6.07) is 5.33. The predicted octanol–water partition coefficient (Wildman–Crippen LogP) is 4.04. The first-order chi connectivity index (χ1) is 10.8. The van der Waals surface area contributed by atoms with Crippen molar-refractivity contribution in [3.63, 3.8) is 0 Å². The molecule has 2 rings (SSSR count). The number of hydrogen-bond donors (Lipinski definition) is 0. The zero-order valence-electron chi connectivity index (χ0n) is 13.7.